The van der Waals surface area contributed by atoms with Crippen molar-refractivity contribution in [1.82, 2.24) is 5.32 Å². The van der Waals surface area contributed by atoms with Crippen molar-refractivity contribution >= 4 is 9.84 Å². The van der Waals surface area contributed by atoms with Crippen molar-refractivity contribution in [3.63, 3.8) is 0 Å². The van der Waals surface area contributed by atoms with Crippen molar-refractivity contribution in [3.05, 3.63) is 0 Å². The maximum absolute atomic E-state index is 11.4. The van der Waals surface area contributed by atoms with Crippen LogP contribution in [-0.2, 0) is 9.84 Å². The molecule has 4 heteroatoms. The monoisotopic (exact) mass is 273 g/mol. The zero-order chi connectivity index (χ0) is 13.0. The molecule has 2 rings (SSSR count). The third kappa shape index (κ3) is 3.95. The first-order chi connectivity index (χ1) is 8.61. The Hall–Kier alpha value is -0.0900. The Morgan fingerprint density at radius 3 is 2.39 bits per heavy atom. The highest BCUT2D eigenvalue weighted by molar-refractivity contribution is 7.91. The zero-order valence-electron chi connectivity index (χ0n) is 11.5. The molecule has 18 heavy (non-hydrogen) atoms. The molecule has 2 atom stereocenters. The van der Waals surface area contributed by atoms with Crippen LogP contribution in [0.2, 0.25) is 0 Å². The van der Waals surface area contributed by atoms with Crippen LogP contribution in [0.25, 0.3) is 0 Å². The Bertz CT molecular complexity index is 339. The van der Waals surface area contributed by atoms with Crippen LogP contribution >= 0.6 is 0 Å². The first-order valence-electron chi connectivity index (χ1n) is 7.54. The molecule has 0 bridgehead atoms. The van der Waals surface area contributed by atoms with E-state index in [0.717, 1.165) is 25.3 Å². The third-order valence-electron chi connectivity index (χ3n) is 4.78. The van der Waals surface area contributed by atoms with Gasteiger partial charge in [0.05, 0.1) is 11.5 Å². The van der Waals surface area contributed by atoms with Crippen LogP contribution in [0.15, 0.2) is 0 Å². The summed E-state index contributed by atoms with van der Waals surface area (Å²) in [4.78, 5) is 0. The van der Waals surface area contributed by atoms with Crippen LogP contribution in [0.5, 0.6) is 0 Å². The Morgan fingerprint density at radius 1 is 1.06 bits per heavy atom. The molecule has 1 N–H and O–H groups in total. The van der Waals surface area contributed by atoms with Gasteiger partial charge in [-0.3, -0.25) is 0 Å². The van der Waals surface area contributed by atoms with Crippen molar-refractivity contribution in [2.75, 3.05) is 18.1 Å². The molecule has 106 valence electrons. The lowest BCUT2D eigenvalue weighted by molar-refractivity contribution is 0.243. The van der Waals surface area contributed by atoms with E-state index in [4.69, 9.17) is 0 Å². The van der Waals surface area contributed by atoms with Gasteiger partial charge in [0, 0.05) is 6.04 Å². The summed E-state index contributed by atoms with van der Waals surface area (Å²) in [6, 6.07) is 0.683. The SMILES string of the molecule is CCC1CCCCC1NCC1CCS(=O)(=O)CC1. The van der Waals surface area contributed by atoms with Crippen molar-refractivity contribution in [1.29, 1.82) is 0 Å². The van der Waals surface area contributed by atoms with Gasteiger partial charge in [-0.25, -0.2) is 8.42 Å². The van der Waals surface area contributed by atoms with Gasteiger partial charge in [-0.15, -0.1) is 0 Å². The summed E-state index contributed by atoms with van der Waals surface area (Å²) in [5, 5.41) is 3.72. The Kier molecular flexibility index (Phi) is 5.07. The molecule has 1 aliphatic heterocycles. The number of hydrogen-bond donors (Lipinski definition) is 1. The Balaban J connectivity index is 1.74. The van der Waals surface area contributed by atoms with Crippen molar-refractivity contribution in [2.24, 2.45) is 11.8 Å². The number of rotatable bonds is 4. The lowest BCUT2D eigenvalue weighted by Gasteiger charge is -2.33. The summed E-state index contributed by atoms with van der Waals surface area (Å²) in [6.07, 6.45) is 8.41. The third-order valence-corrected chi connectivity index (χ3v) is 6.49. The standard InChI is InChI=1S/C14H27NO2S/c1-2-13-5-3-4-6-14(13)15-11-12-7-9-18(16,17)10-8-12/h12-15H,2-11H2,1H3. The Labute approximate surface area is 112 Å². The van der Waals surface area contributed by atoms with Crippen molar-refractivity contribution < 1.29 is 8.42 Å². The minimum atomic E-state index is -2.70. The summed E-state index contributed by atoms with van der Waals surface area (Å²) in [6.45, 7) is 3.31. The summed E-state index contributed by atoms with van der Waals surface area (Å²) in [5.74, 6) is 2.22. The second-order valence-electron chi connectivity index (χ2n) is 6.06. The van der Waals surface area contributed by atoms with Gasteiger partial charge in [-0.05, 0) is 44.1 Å². The van der Waals surface area contributed by atoms with Crippen LogP contribution in [0.1, 0.15) is 51.9 Å². The van der Waals surface area contributed by atoms with E-state index in [2.05, 4.69) is 12.2 Å². The van der Waals surface area contributed by atoms with Gasteiger partial charge in [0.25, 0.3) is 0 Å². The van der Waals surface area contributed by atoms with Gasteiger partial charge < -0.3 is 5.32 Å². The van der Waals surface area contributed by atoms with Gasteiger partial charge >= 0.3 is 0 Å². The van der Waals surface area contributed by atoms with Gasteiger partial charge in [-0.2, -0.15) is 0 Å². The first-order valence-corrected chi connectivity index (χ1v) is 9.36. The maximum atomic E-state index is 11.4. The molecule has 3 nitrogen and oxygen atoms in total. The van der Waals surface area contributed by atoms with E-state index >= 15 is 0 Å². The van der Waals surface area contributed by atoms with E-state index in [1.807, 2.05) is 0 Å². The summed E-state index contributed by atoms with van der Waals surface area (Å²) >= 11 is 0. The van der Waals surface area contributed by atoms with Crippen LogP contribution < -0.4 is 5.32 Å². The molecule has 0 aromatic rings. The average Bonchev–Trinajstić information content (AvgIpc) is 2.38. The minimum Gasteiger partial charge on any atom is -0.313 e. The fourth-order valence-electron chi connectivity index (χ4n) is 3.43. The van der Waals surface area contributed by atoms with Crippen LogP contribution in [0.4, 0.5) is 0 Å². The quantitative estimate of drug-likeness (QED) is 0.855. The van der Waals surface area contributed by atoms with Crippen LogP contribution in [0.3, 0.4) is 0 Å². The topological polar surface area (TPSA) is 46.2 Å². The summed E-state index contributed by atoms with van der Waals surface area (Å²) < 4.78 is 22.8. The molecule has 0 spiro atoms. The molecule has 0 amide bonds. The van der Waals surface area contributed by atoms with E-state index in [-0.39, 0.29) is 0 Å². The highest BCUT2D eigenvalue weighted by Crippen LogP contribution is 2.27. The number of hydrogen-bond acceptors (Lipinski definition) is 3. The lowest BCUT2D eigenvalue weighted by atomic mass is 9.82. The average molecular weight is 273 g/mol. The van der Waals surface area contributed by atoms with Gasteiger partial charge in [0.1, 0.15) is 9.84 Å². The van der Waals surface area contributed by atoms with Crippen LogP contribution in [-0.4, -0.2) is 32.5 Å². The normalized spacial score (nSPS) is 33.4. The summed E-state index contributed by atoms with van der Waals surface area (Å²) in [7, 11) is -2.70. The highest BCUT2D eigenvalue weighted by Gasteiger charge is 2.26. The molecule has 2 fully saturated rings. The fourth-order valence-corrected chi connectivity index (χ4v) is 5.02. The lowest BCUT2D eigenvalue weighted by Crippen LogP contribution is -2.42. The smallest absolute Gasteiger partial charge is 0.150 e. The maximum Gasteiger partial charge on any atom is 0.150 e. The van der Waals surface area contributed by atoms with Gasteiger partial charge in [0.2, 0.25) is 0 Å². The van der Waals surface area contributed by atoms with E-state index < -0.39 is 9.84 Å². The molecule has 0 aromatic carbocycles. The molecule has 0 radical (unpaired) electrons. The molecule has 1 aliphatic carbocycles. The zero-order valence-corrected chi connectivity index (χ0v) is 12.3. The highest BCUT2D eigenvalue weighted by atomic mass is 32.2. The number of sulfone groups is 1. The molecule has 2 unspecified atom stereocenters. The largest absolute Gasteiger partial charge is 0.313 e. The molecule has 1 heterocycles. The van der Waals surface area contributed by atoms with Gasteiger partial charge in [0.15, 0.2) is 0 Å². The predicted molar refractivity (Wildman–Crippen MR) is 75.4 cm³/mol. The van der Waals surface area contributed by atoms with Gasteiger partial charge in [-0.1, -0.05) is 26.2 Å². The van der Waals surface area contributed by atoms with Crippen molar-refractivity contribution in [2.45, 2.75) is 57.9 Å². The number of nitrogens with one attached hydrogen (secondary N) is 1. The van der Waals surface area contributed by atoms with E-state index in [1.165, 1.54) is 32.1 Å². The minimum absolute atomic E-state index is 0.404. The second kappa shape index (κ2) is 6.38. The predicted octanol–water partition coefficient (Wildman–Crippen LogP) is 2.37. The molecule has 2 aliphatic rings. The first kappa shape index (κ1) is 14.3. The van der Waals surface area contributed by atoms with Crippen molar-refractivity contribution in [3.8, 4) is 0 Å². The van der Waals surface area contributed by atoms with E-state index in [9.17, 15) is 8.42 Å². The molecular formula is C14H27NO2S. The second-order valence-corrected chi connectivity index (χ2v) is 8.37. The summed E-state index contributed by atoms with van der Waals surface area (Å²) in [5.41, 5.74) is 0. The van der Waals surface area contributed by atoms with Crippen LogP contribution in [0, 0.1) is 11.8 Å². The molecular weight excluding hydrogens is 246 g/mol. The molecule has 0 aromatic heterocycles. The molecule has 1 saturated carbocycles. The Morgan fingerprint density at radius 2 is 1.72 bits per heavy atom. The fraction of sp³-hybridized carbons (Fsp3) is 1.00. The van der Waals surface area contributed by atoms with E-state index in [0.29, 0.717) is 23.5 Å². The molecule has 1 saturated heterocycles. The van der Waals surface area contributed by atoms with E-state index in [1.54, 1.807) is 0 Å².